The van der Waals surface area contributed by atoms with Crippen molar-refractivity contribution in [3.63, 3.8) is 0 Å². The minimum Gasteiger partial charge on any atom is -0.402 e. The van der Waals surface area contributed by atoms with Gasteiger partial charge in [0.1, 0.15) is 0 Å². The van der Waals surface area contributed by atoms with E-state index in [0.717, 1.165) is 0 Å². The highest BCUT2D eigenvalue weighted by molar-refractivity contribution is 5.22. The van der Waals surface area contributed by atoms with Crippen molar-refractivity contribution in [3.8, 4) is 0 Å². The van der Waals surface area contributed by atoms with Gasteiger partial charge in [-0.25, -0.2) is 0 Å². The first-order valence-corrected chi connectivity index (χ1v) is 3.43. The molecule has 1 rings (SSSR count). The standard InChI is InChI=1S/C7H10N2O2/c1-5-2-3-6(9(10)11)4-7(5)8/h3-5H,2,8H2,1H3. The number of hydrogen-bond acceptors (Lipinski definition) is 3. The number of nitrogens with two attached hydrogens (primary N) is 1. The highest BCUT2D eigenvalue weighted by Crippen LogP contribution is 2.19. The quantitative estimate of drug-likeness (QED) is 0.453. The van der Waals surface area contributed by atoms with Crippen LogP contribution in [0.15, 0.2) is 23.5 Å². The number of hydrogen-bond donors (Lipinski definition) is 1. The third-order valence-electron chi connectivity index (χ3n) is 1.77. The first-order valence-electron chi connectivity index (χ1n) is 3.43. The molecular weight excluding hydrogens is 144 g/mol. The van der Waals surface area contributed by atoms with Crippen LogP contribution in [0.2, 0.25) is 0 Å². The molecule has 0 fully saturated rings. The van der Waals surface area contributed by atoms with E-state index >= 15 is 0 Å². The fourth-order valence-corrected chi connectivity index (χ4v) is 0.933. The Morgan fingerprint density at radius 1 is 1.82 bits per heavy atom. The van der Waals surface area contributed by atoms with Gasteiger partial charge in [0.2, 0.25) is 0 Å². The maximum atomic E-state index is 10.2. The minimum atomic E-state index is -0.418. The first kappa shape index (κ1) is 7.78. The predicted molar refractivity (Wildman–Crippen MR) is 41.1 cm³/mol. The molecule has 1 unspecified atom stereocenters. The van der Waals surface area contributed by atoms with E-state index < -0.39 is 4.92 Å². The van der Waals surface area contributed by atoms with Crippen LogP contribution >= 0.6 is 0 Å². The smallest absolute Gasteiger partial charge is 0.267 e. The summed E-state index contributed by atoms with van der Waals surface area (Å²) in [6.45, 7) is 1.94. The summed E-state index contributed by atoms with van der Waals surface area (Å²) in [4.78, 5) is 9.83. The molecular formula is C7H10N2O2. The molecule has 4 nitrogen and oxygen atoms in total. The SMILES string of the molecule is CC1CC=C([N+](=O)[O-])C=C1N. The van der Waals surface area contributed by atoms with Crippen LogP contribution in [-0.2, 0) is 0 Å². The molecule has 0 spiro atoms. The van der Waals surface area contributed by atoms with Crippen molar-refractivity contribution in [2.24, 2.45) is 11.7 Å². The van der Waals surface area contributed by atoms with Crippen molar-refractivity contribution < 1.29 is 4.92 Å². The van der Waals surface area contributed by atoms with Gasteiger partial charge in [0.05, 0.1) is 4.92 Å². The summed E-state index contributed by atoms with van der Waals surface area (Å²) in [5.41, 5.74) is 6.23. The summed E-state index contributed by atoms with van der Waals surface area (Å²) >= 11 is 0. The summed E-state index contributed by atoms with van der Waals surface area (Å²) in [6.07, 6.45) is 3.69. The summed E-state index contributed by atoms with van der Waals surface area (Å²) in [5.74, 6) is 0.235. The van der Waals surface area contributed by atoms with Gasteiger partial charge >= 0.3 is 0 Å². The van der Waals surface area contributed by atoms with Crippen LogP contribution in [0, 0.1) is 16.0 Å². The molecule has 11 heavy (non-hydrogen) atoms. The maximum absolute atomic E-state index is 10.2. The van der Waals surface area contributed by atoms with E-state index in [1.54, 1.807) is 6.08 Å². The molecule has 0 aromatic heterocycles. The van der Waals surface area contributed by atoms with Gasteiger partial charge in [-0.05, 0) is 18.4 Å². The monoisotopic (exact) mass is 154 g/mol. The zero-order valence-corrected chi connectivity index (χ0v) is 6.28. The van der Waals surface area contributed by atoms with Gasteiger partial charge in [0, 0.05) is 11.8 Å². The lowest BCUT2D eigenvalue weighted by Crippen LogP contribution is -2.14. The number of nitro groups is 1. The van der Waals surface area contributed by atoms with Crippen LogP contribution in [0.4, 0.5) is 0 Å². The molecule has 0 aliphatic heterocycles. The Morgan fingerprint density at radius 2 is 2.45 bits per heavy atom. The number of nitrogens with zero attached hydrogens (tertiary/aromatic N) is 1. The van der Waals surface area contributed by atoms with E-state index in [1.807, 2.05) is 6.92 Å². The lowest BCUT2D eigenvalue weighted by Gasteiger charge is -2.12. The average Bonchev–Trinajstić information content (AvgIpc) is 1.94. The second kappa shape index (κ2) is 2.74. The van der Waals surface area contributed by atoms with E-state index in [1.165, 1.54) is 6.08 Å². The van der Waals surface area contributed by atoms with Gasteiger partial charge in [-0.3, -0.25) is 10.1 Å². The van der Waals surface area contributed by atoms with Crippen molar-refractivity contribution in [3.05, 3.63) is 33.7 Å². The Bertz CT molecular complexity index is 243. The second-order valence-corrected chi connectivity index (χ2v) is 2.67. The van der Waals surface area contributed by atoms with Crippen molar-refractivity contribution in [1.29, 1.82) is 0 Å². The molecule has 60 valence electrons. The third kappa shape index (κ3) is 1.58. The van der Waals surface area contributed by atoms with Crippen LogP contribution in [0.1, 0.15) is 13.3 Å². The van der Waals surface area contributed by atoms with Crippen molar-refractivity contribution >= 4 is 0 Å². The minimum absolute atomic E-state index is 0.112. The lowest BCUT2D eigenvalue weighted by atomic mass is 9.98. The van der Waals surface area contributed by atoms with Crippen LogP contribution in [0.5, 0.6) is 0 Å². The molecule has 0 saturated heterocycles. The maximum Gasteiger partial charge on any atom is 0.267 e. The van der Waals surface area contributed by atoms with Gasteiger partial charge in [-0.1, -0.05) is 6.92 Å². The first-order chi connectivity index (χ1) is 5.11. The largest absolute Gasteiger partial charge is 0.402 e. The molecule has 0 aromatic rings. The van der Waals surface area contributed by atoms with Crippen LogP contribution in [0.25, 0.3) is 0 Å². The molecule has 0 bridgehead atoms. The van der Waals surface area contributed by atoms with Crippen LogP contribution in [-0.4, -0.2) is 4.92 Å². The van der Waals surface area contributed by atoms with E-state index in [4.69, 9.17) is 5.73 Å². The van der Waals surface area contributed by atoms with Gasteiger partial charge in [-0.2, -0.15) is 0 Å². The molecule has 4 heteroatoms. The Labute approximate surface area is 64.5 Å². The highest BCUT2D eigenvalue weighted by atomic mass is 16.6. The molecule has 0 heterocycles. The Hall–Kier alpha value is -1.32. The lowest BCUT2D eigenvalue weighted by molar-refractivity contribution is -0.419. The van der Waals surface area contributed by atoms with Crippen LogP contribution in [0.3, 0.4) is 0 Å². The molecule has 1 aliphatic carbocycles. The van der Waals surface area contributed by atoms with Gasteiger partial charge in [0.15, 0.2) is 0 Å². The Morgan fingerprint density at radius 3 is 2.91 bits per heavy atom. The highest BCUT2D eigenvalue weighted by Gasteiger charge is 2.16. The number of allylic oxidation sites excluding steroid dienone is 3. The van der Waals surface area contributed by atoms with Gasteiger partial charge in [-0.15, -0.1) is 0 Å². The van der Waals surface area contributed by atoms with E-state index in [-0.39, 0.29) is 11.6 Å². The Balaban J connectivity index is 2.83. The molecule has 0 radical (unpaired) electrons. The molecule has 0 saturated carbocycles. The summed E-state index contributed by atoms with van der Waals surface area (Å²) in [5, 5.41) is 10.2. The van der Waals surface area contributed by atoms with E-state index in [2.05, 4.69) is 0 Å². The fourth-order valence-electron chi connectivity index (χ4n) is 0.933. The molecule has 1 aliphatic rings. The van der Waals surface area contributed by atoms with Crippen molar-refractivity contribution in [2.75, 3.05) is 0 Å². The molecule has 0 amide bonds. The van der Waals surface area contributed by atoms with E-state index in [9.17, 15) is 10.1 Å². The average molecular weight is 154 g/mol. The van der Waals surface area contributed by atoms with Crippen LogP contribution < -0.4 is 5.73 Å². The zero-order chi connectivity index (χ0) is 8.43. The van der Waals surface area contributed by atoms with Crippen molar-refractivity contribution in [2.45, 2.75) is 13.3 Å². The third-order valence-corrected chi connectivity index (χ3v) is 1.77. The normalized spacial score (nSPS) is 23.9. The molecule has 2 N–H and O–H groups in total. The molecule has 1 atom stereocenters. The Kier molecular flexibility index (Phi) is 1.94. The van der Waals surface area contributed by atoms with Crippen molar-refractivity contribution in [1.82, 2.24) is 0 Å². The second-order valence-electron chi connectivity index (χ2n) is 2.67. The van der Waals surface area contributed by atoms with Gasteiger partial charge < -0.3 is 5.73 Å². The summed E-state index contributed by atoms with van der Waals surface area (Å²) in [6, 6.07) is 0. The summed E-state index contributed by atoms with van der Waals surface area (Å²) in [7, 11) is 0. The predicted octanol–water partition coefficient (Wildman–Crippen LogP) is 1.03. The van der Waals surface area contributed by atoms with Gasteiger partial charge in [0.25, 0.3) is 5.70 Å². The van der Waals surface area contributed by atoms with E-state index in [0.29, 0.717) is 12.1 Å². The number of rotatable bonds is 1. The summed E-state index contributed by atoms with van der Waals surface area (Å²) < 4.78 is 0. The molecule has 0 aromatic carbocycles. The zero-order valence-electron chi connectivity index (χ0n) is 6.28. The fraction of sp³-hybridized carbons (Fsp3) is 0.429. The topological polar surface area (TPSA) is 69.2 Å².